The molecule has 1 unspecified atom stereocenters. The molecule has 1 N–H and O–H groups in total. The molecule has 1 heterocycles. The van der Waals surface area contributed by atoms with Gasteiger partial charge < -0.3 is 10.2 Å². The summed E-state index contributed by atoms with van der Waals surface area (Å²) < 4.78 is 0. The number of nitrogens with one attached hydrogen (secondary N) is 1. The lowest BCUT2D eigenvalue weighted by Crippen LogP contribution is -2.61. The van der Waals surface area contributed by atoms with Crippen molar-refractivity contribution >= 4 is 5.69 Å². The second kappa shape index (κ2) is 4.10. The molecule has 0 aliphatic carbocycles. The number of anilines is 1. The van der Waals surface area contributed by atoms with E-state index in [1.807, 2.05) is 0 Å². The van der Waals surface area contributed by atoms with Gasteiger partial charge in [-0.15, -0.1) is 0 Å². The van der Waals surface area contributed by atoms with E-state index in [-0.39, 0.29) is 5.54 Å². The van der Waals surface area contributed by atoms with Gasteiger partial charge in [-0.3, -0.25) is 0 Å². The topological polar surface area (TPSA) is 15.3 Å². The van der Waals surface area contributed by atoms with Crippen molar-refractivity contribution < 1.29 is 0 Å². The number of piperazine rings is 1. The van der Waals surface area contributed by atoms with E-state index in [9.17, 15) is 0 Å². The molecule has 1 aromatic carbocycles. The minimum Gasteiger partial charge on any atom is -0.366 e. The molecule has 2 rings (SSSR count). The van der Waals surface area contributed by atoms with Crippen LogP contribution in [-0.4, -0.2) is 24.7 Å². The zero-order valence-electron chi connectivity index (χ0n) is 10.7. The summed E-state index contributed by atoms with van der Waals surface area (Å²) in [5.74, 6) is 0. The highest BCUT2D eigenvalue weighted by Gasteiger charge is 2.30. The van der Waals surface area contributed by atoms with Crippen molar-refractivity contribution in [1.29, 1.82) is 0 Å². The normalized spacial score (nSPS) is 24.5. The fourth-order valence-corrected chi connectivity index (χ4v) is 2.25. The number of hydrogen-bond acceptors (Lipinski definition) is 2. The Balaban J connectivity index is 2.21. The predicted molar refractivity (Wildman–Crippen MR) is 70.1 cm³/mol. The monoisotopic (exact) mass is 218 g/mol. The van der Waals surface area contributed by atoms with Crippen LogP contribution in [0.3, 0.4) is 0 Å². The average molecular weight is 218 g/mol. The van der Waals surface area contributed by atoms with Crippen LogP contribution < -0.4 is 10.2 Å². The number of nitrogens with zero attached hydrogens (tertiary/aromatic N) is 1. The van der Waals surface area contributed by atoms with E-state index in [0.717, 1.165) is 13.1 Å². The van der Waals surface area contributed by atoms with Gasteiger partial charge in [-0.05, 0) is 39.8 Å². The maximum atomic E-state index is 3.58. The third-order valence-corrected chi connectivity index (χ3v) is 3.34. The molecule has 0 saturated carbocycles. The minimum absolute atomic E-state index is 0.206. The van der Waals surface area contributed by atoms with Gasteiger partial charge in [0.2, 0.25) is 0 Å². The van der Waals surface area contributed by atoms with E-state index in [1.165, 1.54) is 11.3 Å². The van der Waals surface area contributed by atoms with Crippen molar-refractivity contribution in [2.45, 2.75) is 39.3 Å². The second-order valence-corrected chi connectivity index (χ2v) is 5.58. The predicted octanol–water partition coefficient (Wildman–Crippen LogP) is 2.57. The molecule has 0 amide bonds. The van der Waals surface area contributed by atoms with Crippen molar-refractivity contribution in [1.82, 2.24) is 5.32 Å². The minimum atomic E-state index is 0.206. The summed E-state index contributed by atoms with van der Waals surface area (Å²) in [6, 6.07) is 9.41. The Bertz CT molecular complexity index is 354. The van der Waals surface area contributed by atoms with Crippen LogP contribution in [0.2, 0.25) is 0 Å². The van der Waals surface area contributed by atoms with Crippen LogP contribution in [-0.2, 0) is 0 Å². The van der Waals surface area contributed by atoms with Gasteiger partial charge in [-0.1, -0.05) is 17.7 Å². The summed E-state index contributed by atoms with van der Waals surface area (Å²) in [6.45, 7) is 11.1. The lowest BCUT2D eigenvalue weighted by Gasteiger charge is -2.44. The summed E-state index contributed by atoms with van der Waals surface area (Å²) in [5.41, 5.74) is 2.87. The van der Waals surface area contributed by atoms with Gasteiger partial charge in [-0.25, -0.2) is 0 Å². The first-order chi connectivity index (χ1) is 7.48. The van der Waals surface area contributed by atoms with Crippen LogP contribution in [0.5, 0.6) is 0 Å². The van der Waals surface area contributed by atoms with Gasteiger partial charge >= 0.3 is 0 Å². The van der Waals surface area contributed by atoms with Crippen molar-refractivity contribution in [3.8, 4) is 0 Å². The fourth-order valence-electron chi connectivity index (χ4n) is 2.25. The van der Waals surface area contributed by atoms with E-state index >= 15 is 0 Å². The van der Waals surface area contributed by atoms with Crippen molar-refractivity contribution in [2.75, 3.05) is 18.0 Å². The Labute approximate surface area is 98.7 Å². The first-order valence-electron chi connectivity index (χ1n) is 6.06. The maximum Gasteiger partial charge on any atom is 0.0387 e. The molecule has 16 heavy (non-hydrogen) atoms. The molecule has 2 nitrogen and oxygen atoms in total. The zero-order chi connectivity index (χ0) is 11.8. The summed E-state index contributed by atoms with van der Waals surface area (Å²) in [5, 5.41) is 3.58. The Hall–Kier alpha value is -1.02. The van der Waals surface area contributed by atoms with Crippen LogP contribution in [0.1, 0.15) is 26.3 Å². The van der Waals surface area contributed by atoms with Gasteiger partial charge in [0.25, 0.3) is 0 Å². The Morgan fingerprint density at radius 1 is 1.25 bits per heavy atom. The number of rotatable bonds is 1. The molecule has 0 spiro atoms. The largest absolute Gasteiger partial charge is 0.366 e. The molecule has 0 bridgehead atoms. The molecular weight excluding hydrogens is 196 g/mol. The highest BCUT2D eigenvalue weighted by Crippen LogP contribution is 2.23. The third-order valence-electron chi connectivity index (χ3n) is 3.34. The molecule has 1 fully saturated rings. The Kier molecular flexibility index (Phi) is 2.94. The molecule has 1 aliphatic rings. The Morgan fingerprint density at radius 3 is 2.50 bits per heavy atom. The van der Waals surface area contributed by atoms with E-state index in [1.54, 1.807) is 0 Å². The van der Waals surface area contributed by atoms with Gasteiger partial charge in [0.05, 0.1) is 0 Å². The molecule has 0 radical (unpaired) electrons. The smallest absolute Gasteiger partial charge is 0.0387 e. The molecule has 0 aromatic heterocycles. The van der Waals surface area contributed by atoms with Crippen molar-refractivity contribution in [3.63, 3.8) is 0 Å². The number of benzene rings is 1. The van der Waals surface area contributed by atoms with Gasteiger partial charge in [0.15, 0.2) is 0 Å². The number of hydrogen-bond donors (Lipinski definition) is 1. The molecular formula is C14H22N2. The molecule has 1 saturated heterocycles. The van der Waals surface area contributed by atoms with Crippen LogP contribution in [0.4, 0.5) is 5.69 Å². The summed E-state index contributed by atoms with van der Waals surface area (Å²) >= 11 is 0. The summed E-state index contributed by atoms with van der Waals surface area (Å²) in [4.78, 5) is 2.50. The molecule has 88 valence electrons. The standard InChI is InChI=1S/C14H22N2/c1-11-5-7-13(8-6-11)16-10-14(3,4)15-9-12(16)2/h5-8,12,15H,9-10H2,1-4H3. The molecule has 1 aliphatic heterocycles. The quantitative estimate of drug-likeness (QED) is 0.779. The van der Waals surface area contributed by atoms with E-state index in [0.29, 0.717) is 6.04 Å². The SMILES string of the molecule is Cc1ccc(N2CC(C)(C)NCC2C)cc1. The Morgan fingerprint density at radius 2 is 1.88 bits per heavy atom. The summed E-state index contributed by atoms with van der Waals surface area (Å²) in [6.07, 6.45) is 0. The van der Waals surface area contributed by atoms with Crippen LogP contribution >= 0.6 is 0 Å². The van der Waals surface area contributed by atoms with Crippen LogP contribution in [0, 0.1) is 6.92 Å². The van der Waals surface area contributed by atoms with E-state index in [4.69, 9.17) is 0 Å². The van der Waals surface area contributed by atoms with Crippen LogP contribution in [0.25, 0.3) is 0 Å². The average Bonchev–Trinajstić information content (AvgIpc) is 2.23. The fraction of sp³-hybridized carbons (Fsp3) is 0.571. The van der Waals surface area contributed by atoms with Crippen molar-refractivity contribution in [3.05, 3.63) is 29.8 Å². The zero-order valence-corrected chi connectivity index (χ0v) is 10.7. The maximum absolute atomic E-state index is 3.58. The van der Waals surface area contributed by atoms with E-state index in [2.05, 4.69) is 62.2 Å². The number of aryl methyl sites for hydroxylation is 1. The van der Waals surface area contributed by atoms with E-state index < -0.39 is 0 Å². The molecule has 2 heteroatoms. The van der Waals surface area contributed by atoms with Crippen LogP contribution in [0.15, 0.2) is 24.3 Å². The highest BCUT2D eigenvalue weighted by molar-refractivity contribution is 5.49. The van der Waals surface area contributed by atoms with Gasteiger partial charge in [0, 0.05) is 30.4 Å². The second-order valence-electron chi connectivity index (χ2n) is 5.58. The van der Waals surface area contributed by atoms with Gasteiger partial charge in [0.1, 0.15) is 0 Å². The van der Waals surface area contributed by atoms with Crippen molar-refractivity contribution in [2.24, 2.45) is 0 Å². The lowest BCUT2D eigenvalue weighted by molar-refractivity contribution is 0.318. The molecule has 1 atom stereocenters. The first-order valence-corrected chi connectivity index (χ1v) is 6.06. The first kappa shape index (κ1) is 11.5. The van der Waals surface area contributed by atoms with Gasteiger partial charge in [-0.2, -0.15) is 0 Å². The lowest BCUT2D eigenvalue weighted by atomic mass is 9.98. The molecule has 1 aromatic rings. The summed E-state index contributed by atoms with van der Waals surface area (Å²) in [7, 11) is 0. The third kappa shape index (κ3) is 2.38. The highest BCUT2D eigenvalue weighted by atomic mass is 15.2.